The predicted molar refractivity (Wildman–Crippen MR) is 193 cm³/mol. The van der Waals surface area contributed by atoms with Crippen LogP contribution in [0.1, 0.15) is 11.1 Å². The molecule has 8 heteroatoms. The first-order valence-electron chi connectivity index (χ1n) is 14.0. The first kappa shape index (κ1) is 35.8. The Balaban J connectivity index is 4.71. The van der Waals surface area contributed by atoms with Crippen LogP contribution in [-0.4, -0.2) is 68.7 Å². The van der Waals surface area contributed by atoms with E-state index in [4.69, 9.17) is 0 Å². The molecule has 0 fully saturated rings. The van der Waals surface area contributed by atoms with Gasteiger partial charge in [0.05, 0.1) is 0 Å². The summed E-state index contributed by atoms with van der Waals surface area (Å²) in [5.41, 5.74) is 3.70. The van der Waals surface area contributed by atoms with Crippen molar-refractivity contribution in [3.05, 3.63) is 29.3 Å². The number of hydrogen-bond acceptors (Lipinski definition) is 1. The summed E-state index contributed by atoms with van der Waals surface area (Å²) < 4.78 is 6.16. The van der Waals surface area contributed by atoms with Crippen LogP contribution >= 0.6 is 8.52 Å². The van der Waals surface area contributed by atoms with Crippen LogP contribution in [-0.2, 0) is 8.57 Å². The molecule has 0 aliphatic rings. The Morgan fingerprint density at radius 3 is 0.861 bits per heavy atom. The fraction of sp³-hybridized carbons (Fsp3) is 0.786. The standard InChI is InChI=1S/C26H58SSi6.2CH3.Bi/c1-28(2,3)25(29(4,5)6,30(7,8)9)22-20-19-21-23(24(22)27)26(31(10,11)12,32(13,14)15)33(16,17)18;;;/h19-21,27H,1-18H3;2*1H3;/q;;;+1/p-1. The van der Waals surface area contributed by atoms with Gasteiger partial charge in [0.25, 0.3) is 0 Å². The van der Waals surface area contributed by atoms with Crippen LogP contribution in [0, 0.1) is 0 Å². The molecule has 0 aromatic heterocycles. The average molecular weight is 809 g/mol. The van der Waals surface area contributed by atoms with Gasteiger partial charge in [-0.3, -0.25) is 0 Å². The van der Waals surface area contributed by atoms with Crippen LogP contribution in [0.15, 0.2) is 23.1 Å². The van der Waals surface area contributed by atoms with Crippen molar-refractivity contribution in [2.24, 2.45) is 0 Å². The van der Waals surface area contributed by atoms with Gasteiger partial charge in [0, 0.05) is 0 Å². The molecule has 0 aliphatic carbocycles. The van der Waals surface area contributed by atoms with E-state index in [1.807, 2.05) is 16.0 Å². The second kappa shape index (κ2) is 10.9. The molecule has 0 unspecified atom stereocenters. The van der Waals surface area contributed by atoms with Crippen LogP contribution in [0.25, 0.3) is 0 Å². The zero-order valence-electron chi connectivity index (χ0n) is 28.1. The van der Waals surface area contributed by atoms with E-state index in [0.717, 1.165) is 0 Å². The van der Waals surface area contributed by atoms with Gasteiger partial charge in [-0.25, -0.2) is 0 Å². The average Bonchev–Trinajstić information content (AvgIpc) is 2.49. The Kier molecular flexibility index (Phi) is 10.8. The molecule has 36 heavy (non-hydrogen) atoms. The van der Waals surface area contributed by atoms with Gasteiger partial charge in [-0.15, -0.1) is 0 Å². The van der Waals surface area contributed by atoms with Crippen LogP contribution in [0.4, 0.5) is 0 Å². The summed E-state index contributed by atoms with van der Waals surface area (Å²) in [5.74, 6) is 0. The quantitative estimate of drug-likeness (QED) is 0.212. The minimum absolute atomic E-state index is 0.440. The molecule has 0 heterocycles. The molecule has 1 aromatic rings. The van der Waals surface area contributed by atoms with Crippen molar-refractivity contribution in [2.75, 3.05) is 0 Å². The van der Waals surface area contributed by atoms with Crippen molar-refractivity contribution >= 4 is 77.2 Å². The maximum absolute atomic E-state index is 2.73. The van der Waals surface area contributed by atoms with E-state index in [1.165, 1.54) is 0 Å². The third kappa shape index (κ3) is 5.87. The van der Waals surface area contributed by atoms with Crippen molar-refractivity contribution in [2.45, 2.75) is 141 Å². The van der Waals surface area contributed by atoms with E-state index in [-0.39, 0.29) is 0 Å². The molecule has 0 saturated carbocycles. The molecule has 0 saturated heterocycles. The third-order valence-electron chi connectivity index (χ3n) is 8.85. The summed E-state index contributed by atoms with van der Waals surface area (Å²) in [5, 5.41) is 0. The van der Waals surface area contributed by atoms with Gasteiger partial charge >= 0.3 is 247 Å². The zero-order chi connectivity index (χ0) is 29.1. The Bertz CT molecular complexity index is 776. The van der Waals surface area contributed by atoms with E-state index >= 15 is 0 Å². The molecule has 0 spiro atoms. The predicted octanol–water partition coefficient (Wildman–Crippen LogP) is 10.8. The van der Waals surface area contributed by atoms with Gasteiger partial charge in [0.1, 0.15) is 0 Å². The molecule has 0 atom stereocenters. The minimum atomic E-state index is -1.61. The number of hydrogen-bond donors (Lipinski definition) is 0. The molecular weight excluding hydrogens is 746 g/mol. The number of rotatable bonds is 10. The summed E-state index contributed by atoms with van der Waals surface area (Å²) in [4.78, 5) is 1.83. The fourth-order valence-electron chi connectivity index (χ4n) is 10.6. The van der Waals surface area contributed by atoms with Crippen molar-refractivity contribution in [1.29, 1.82) is 0 Å². The monoisotopic (exact) mass is 808 g/mol. The third-order valence-corrected chi connectivity index (χ3v) is 58.3. The molecule has 0 bridgehead atoms. The first-order valence-corrected chi connectivity index (χ1v) is 47.0. The van der Waals surface area contributed by atoms with Crippen molar-refractivity contribution in [1.82, 2.24) is 0 Å². The van der Waals surface area contributed by atoms with Crippen LogP contribution in [0.3, 0.4) is 0 Å². The van der Waals surface area contributed by atoms with Gasteiger partial charge in [-0.2, -0.15) is 0 Å². The molecular formula is C28H63BiSSi6. The van der Waals surface area contributed by atoms with Crippen LogP contribution < -0.4 is 0 Å². The molecule has 0 nitrogen and oxygen atoms in total. The Hall–Kier alpha value is 1.75. The second-order valence-corrected chi connectivity index (χ2v) is 67.5. The van der Waals surface area contributed by atoms with E-state index < -0.39 is 68.7 Å². The SMILES string of the molecule is [CH3][Bi]([CH3])[S]c1c(C([Si](C)(C)C)([Si](C)(C)C)[Si](C)(C)C)cccc1C([Si](C)(C)C)([Si](C)(C)C)[Si](C)(C)C. The van der Waals surface area contributed by atoms with E-state index in [9.17, 15) is 0 Å². The van der Waals surface area contributed by atoms with Gasteiger partial charge < -0.3 is 0 Å². The first-order chi connectivity index (χ1) is 15.5. The second-order valence-electron chi connectivity index (χ2n) is 17.6. The summed E-state index contributed by atoms with van der Waals surface area (Å²) >= 11 is -1.61. The van der Waals surface area contributed by atoms with Gasteiger partial charge in [-0.1, -0.05) is 0 Å². The molecule has 0 N–H and O–H groups in total. The molecule has 0 radical (unpaired) electrons. The number of benzene rings is 1. The molecule has 0 aliphatic heterocycles. The van der Waals surface area contributed by atoms with Crippen molar-refractivity contribution in [3.63, 3.8) is 0 Å². The maximum atomic E-state index is 2.73. The molecule has 210 valence electrons. The molecule has 1 rings (SSSR count). The summed E-state index contributed by atoms with van der Waals surface area (Å²) in [6.07, 6.45) is 0. The summed E-state index contributed by atoms with van der Waals surface area (Å²) in [7, 11) is -7.06. The van der Waals surface area contributed by atoms with E-state index in [1.54, 1.807) is 0 Å². The zero-order valence-corrected chi connectivity index (χ0v) is 38.4. The fourth-order valence-corrected chi connectivity index (χ4v) is 78.8. The van der Waals surface area contributed by atoms with Gasteiger partial charge in [0.2, 0.25) is 0 Å². The Labute approximate surface area is 245 Å². The van der Waals surface area contributed by atoms with Gasteiger partial charge in [-0.05, 0) is 0 Å². The summed E-state index contributed by atoms with van der Waals surface area (Å²) in [6.45, 7) is 49.1. The Morgan fingerprint density at radius 1 is 0.472 bits per heavy atom. The van der Waals surface area contributed by atoms with E-state index in [0.29, 0.717) is 8.57 Å². The topological polar surface area (TPSA) is 0 Å². The normalized spacial score (nSPS) is 15.6. The van der Waals surface area contributed by atoms with Crippen molar-refractivity contribution in [3.8, 4) is 0 Å². The molecule has 1 aromatic carbocycles. The Morgan fingerprint density at radius 2 is 0.694 bits per heavy atom. The van der Waals surface area contributed by atoms with Crippen LogP contribution in [0.5, 0.6) is 0 Å². The molecule has 0 amide bonds. The summed E-state index contributed by atoms with van der Waals surface area (Å²) in [6, 6.07) is 7.91. The van der Waals surface area contributed by atoms with E-state index in [2.05, 4.69) is 154 Å². The van der Waals surface area contributed by atoms with Crippen molar-refractivity contribution < 1.29 is 0 Å². The van der Waals surface area contributed by atoms with Crippen LogP contribution in [0.2, 0.25) is 127 Å². The van der Waals surface area contributed by atoms with Gasteiger partial charge in [0.15, 0.2) is 0 Å².